The van der Waals surface area contributed by atoms with E-state index in [0.717, 1.165) is 10.2 Å². The van der Waals surface area contributed by atoms with E-state index in [1.807, 2.05) is 0 Å². The molecule has 3 heteroatoms. The van der Waals surface area contributed by atoms with Gasteiger partial charge in [-0.25, -0.2) is 0 Å². The highest BCUT2D eigenvalue weighted by atomic mass is 79.9. The average molecular weight is 289 g/mol. The van der Waals surface area contributed by atoms with Gasteiger partial charge in [-0.2, -0.15) is 0 Å². The summed E-state index contributed by atoms with van der Waals surface area (Å²) in [6, 6.07) is 4.17. The Morgan fingerprint density at radius 3 is 2.87 bits per heavy atom. The second-order valence-electron chi connectivity index (χ2n) is 4.55. The van der Waals surface area contributed by atoms with Gasteiger partial charge in [0.1, 0.15) is 0 Å². The van der Waals surface area contributed by atoms with Crippen molar-refractivity contribution in [2.24, 2.45) is 11.8 Å². The molecule has 1 N–H and O–H groups in total. The molecule has 1 aliphatic carbocycles. The first-order valence-corrected chi connectivity index (χ1v) is 7.20. The molecule has 84 valence electrons. The van der Waals surface area contributed by atoms with Crippen molar-refractivity contribution < 1.29 is 5.11 Å². The third kappa shape index (κ3) is 2.83. The van der Waals surface area contributed by atoms with Crippen molar-refractivity contribution in [2.45, 2.75) is 38.7 Å². The molecule has 1 aromatic heterocycles. The fourth-order valence-corrected chi connectivity index (χ4v) is 4.10. The molecule has 3 unspecified atom stereocenters. The minimum atomic E-state index is -0.145. The lowest BCUT2D eigenvalue weighted by molar-refractivity contribution is 0.0909. The molecular formula is C12H17BrOS. The Kier molecular flexibility index (Phi) is 3.86. The fourth-order valence-electron chi connectivity index (χ4n) is 2.56. The highest BCUT2D eigenvalue weighted by Crippen LogP contribution is 2.35. The summed E-state index contributed by atoms with van der Waals surface area (Å²) in [4.78, 5) is 1.29. The SMILES string of the molecule is CC1CCCC1C(O)Cc1ccc(Br)s1. The second kappa shape index (κ2) is 4.98. The van der Waals surface area contributed by atoms with Crippen molar-refractivity contribution in [3.8, 4) is 0 Å². The minimum absolute atomic E-state index is 0.145. The summed E-state index contributed by atoms with van der Waals surface area (Å²) in [5, 5.41) is 10.2. The normalized spacial score (nSPS) is 28.2. The van der Waals surface area contributed by atoms with Crippen molar-refractivity contribution in [3.05, 3.63) is 20.8 Å². The highest BCUT2D eigenvalue weighted by Gasteiger charge is 2.29. The summed E-state index contributed by atoms with van der Waals surface area (Å²) in [5.41, 5.74) is 0. The number of hydrogen-bond acceptors (Lipinski definition) is 2. The van der Waals surface area contributed by atoms with Crippen molar-refractivity contribution >= 4 is 27.3 Å². The average Bonchev–Trinajstić information content (AvgIpc) is 2.75. The third-order valence-corrected chi connectivity index (χ3v) is 5.11. The van der Waals surface area contributed by atoms with Crippen molar-refractivity contribution in [2.75, 3.05) is 0 Å². The first-order chi connectivity index (χ1) is 7.16. The molecule has 1 aliphatic rings. The van der Waals surface area contributed by atoms with Gasteiger partial charge in [0.05, 0.1) is 9.89 Å². The molecule has 0 amide bonds. The maximum Gasteiger partial charge on any atom is 0.0701 e. The largest absolute Gasteiger partial charge is 0.392 e. The first-order valence-electron chi connectivity index (χ1n) is 5.59. The lowest BCUT2D eigenvalue weighted by atomic mass is 9.90. The third-order valence-electron chi connectivity index (χ3n) is 3.46. The predicted molar refractivity (Wildman–Crippen MR) is 68.2 cm³/mol. The van der Waals surface area contributed by atoms with Crippen LogP contribution in [0.4, 0.5) is 0 Å². The molecular weight excluding hydrogens is 272 g/mol. The molecule has 1 heterocycles. The number of aliphatic hydroxyl groups is 1. The molecule has 0 saturated heterocycles. The highest BCUT2D eigenvalue weighted by molar-refractivity contribution is 9.11. The first kappa shape index (κ1) is 11.6. The van der Waals surface area contributed by atoms with Crippen LogP contribution in [0.3, 0.4) is 0 Å². The van der Waals surface area contributed by atoms with Crippen molar-refractivity contribution in [1.82, 2.24) is 0 Å². The van der Waals surface area contributed by atoms with E-state index in [1.54, 1.807) is 11.3 Å². The van der Waals surface area contributed by atoms with Gasteiger partial charge < -0.3 is 5.11 Å². The van der Waals surface area contributed by atoms with Crippen LogP contribution < -0.4 is 0 Å². The van der Waals surface area contributed by atoms with E-state index >= 15 is 0 Å². The lowest BCUT2D eigenvalue weighted by Gasteiger charge is -2.21. The maximum atomic E-state index is 10.2. The Hall–Kier alpha value is 0.140. The number of rotatable bonds is 3. The quantitative estimate of drug-likeness (QED) is 0.896. The second-order valence-corrected chi connectivity index (χ2v) is 7.10. The fraction of sp³-hybridized carbons (Fsp3) is 0.667. The van der Waals surface area contributed by atoms with Crippen LogP contribution in [0.2, 0.25) is 0 Å². The summed E-state index contributed by atoms with van der Waals surface area (Å²) < 4.78 is 1.16. The number of halogens is 1. The summed E-state index contributed by atoms with van der Waals surface area (Å²) in [7, 11) is 0. The van der Waals surface area contributed by atoms with Crippen LogP contribution in [-0.4, -0.2) is 11.2 Å². The number of aliphatic hydroxyl groups excluding tert-OH is 1. The zero-order valence-electron chi connectivity index (χ0n) is 8.95. The van der Waals surface area contributed by atoms with Gasteiger partial charge in [-0.1, -0.05) is 19.8 Å². The van der Waals surface area contributed by atoms with Gasteiger partial charge in [-0.15, -0.1) is 11.3 Å². The van der Waals surface area contributed by atoms with Crippen LogP contribution >= 0.6 is 27.3 Å². The Morgan fingerprint density at radius 2 is 2.33 bits per heavy atom. The Morgan fingerprint density at radius 1 is 1.53 bits per heavy atom. The zero-order chi connectivity index (χ0) is 10.8. The standard InChI is InChI=1S/C12H17BrOS/c1-8-3-2-4-10(8)11(14)7-9-5-6-12(13)15-9/h5-6,8,10-11,14H,2-4,7H2,1H3. The van der Waals surface area contributed by atoms with Crippen LogP contribution in [-0.2, 0) is 6.42 Å². The lowest BCUT2D eigenvalue weighted by Crippen LogP contribution is -2.24. The molecule has 15 heavy (non-hydrogen) atoms. The minimum Gasteiger partial charge on any atom is -0.392 e. The molecule has 2 rings (SSSR count). The van der Waals surface area contributed by atoms with E-state index in [4.69, 9.17) is 0 Å². The predicted octanol–water partition coefficient (Wildman–Crippen LogP) is 3.85. The van der Waals surface area contributed by atoms with Gasteiger partial charge in [0.2, 0.25) is 0 Å². The molecule has 0 spiro atoms. The van der Waals surface area contributed by atoms with E-state index in [0.29, 0.717) is 11.8 Å². The van der Waals surface area contributed by atoms with Crippen molar-refractivity contribution in [1.29, 1.82) is 0 Å². The molecule has 0 radical (unpaired) electrons. The molecule has 0 aliphatic heterocycles. The van der Waals surface area contributed by atoms with Gasteiger partial charge in [0, 0.05) is 11.3 Å². The van der Waals surface area contributed by atoms with Crippen LogP contribution in [0.5, 0.6) is 0 Å². The summed E-state index contributed by atoms with van der Waals surface area (Å²) in [6.07, 6.45) is 4.46. The van der Waals surface area contributed by atoms with E-state index < -0.39 is 0 Å². The van der Waals surface area contributed by atoms with E-state index in [-0.39, 0.29) is 6.10 Å². The van der Waals surface area contributed by atoms with Crippen LogP contribution in [0.15, 0.2) is 15.9 Å². The maximum absolute atomic E-state index is 10.2. The zero-order valence-corrected chi connectivity index (χ0v) is 11.4. The van der Waals surface area contributed by atoms with Crippen molar-refractivity contribution in [3.63, 3.8) is 0 Å². The van der Waals surface area contributed by atoms with E-state index in [2.05, 4.69) is 35.0 Å². The van der Waals surface area contributed by atoms with Gasteiger partial charge in [-0.05, 0) is 46.3 Å². The summed E-state index contributed by atoms with van der Waals surface area (Å²) in [5.74, 6) is 1.22. The van der Waals surface area contributed by atoms with E-state index in [1.165, 1.54) is 24.1 Å². The van der Waals surface area contributed by atoms with Gasteiger partial charge in [0.25, 0.3) is 0 Å². The van der Waals surface area contributed by atoms with Crippen LogP contribution in [0, 0.1) is 11.8 Å². The summed E-state index contributed by atoms with van der Waals surface area (Å²) >= 11 is 5.19. The van der Waals surface area contributed by atoms with E-state index in [9.17, 15) is 5.11 Å². The van der Waals surface area contributed by atoms with Crippen LogP contribution in [0.25, 0.3) is 0 Å². The van der Waals surface area contributed by atoms with Gasteiger partial charge in [-0.3, -0.25) is 0 Å². The van der Waals surface area contributed by atoms with Crippen LogP contribution in [0.1, 0.15) is 31.1 Å². The Labute approximate surface area is 104 Å². The molecule has 1 saturated carbocycles. The molecule has 1 nitrogen and oxygen atoms in total. The summed E-state index contributed by atoms with van der Waals surface area (Å²) in [6.45, 7) is 2.27. The smallest absolute Gasteiger partial charge is 0.0701 e. The Balaban J connectivity index is 1.94. The molecule has 1 aromatic rings. The van der Waals surface area contributed by atoms with Gasteiger partial charge >= 0.3 is 0 Å². The topological polar surface area (TPSA) is 20.2 Å². The monoisotopic (exact) mass is 288 g/mol. The number of hydrogen-bond donors (Lipinski definition) is 1. The molecule has 0 aromatic carbocycles. The number of thiophene rings is 1. The van der Waals surface area contributed by atoms with Gasteiger partial charge in [0.15, 0.2) is 0 Å². The molecule has 1 fully saturated rings. The molecule has 3 atom stereocenters. The molecule has 0 bridgehead atoms. The Bertz CT molecular complexity index is 323.